The van der Waals surface area contributed by atoms with Crippen LogP contribution in [-0.4, -0.2) is 14.4 Å². The van der Waals surface area contributed by atoms with Gasteiger partial charge in [0.2, 0.25) is 0 Å². The molecule has 20 heavy (non-hydrogen) atoms. The van der Waals surface area contributed by atoms with Crippen molar-refractivity contribution in [3.63, 3.8) is 0 Å². The van der Waals surface area contributed by atoms with Crippen LogP contribution in [0.2, 0.25) is 0 Å². The molecule has 0 saturated carbocycles. The van der Waals surface area contributed by atoms with Gasteiger partial charge < -0.3 is 15.1 Å². The van der Waals surface area contributed by atoms with Crippen molar-refractivity contribution in [2.75, 3.05) is 10.7 Å². The molecular formula is C13H13FN6. The summed E-state index contributed by atoms with van der Waals surface area (Å²) in [4.78, 5) is 8.44. The molecule has 0 aliphatic heterocycles. The van der Waals surface area contributed by atoms with Gasteiger partial charge in [0.25, 0.3) is 0 Å². The highest BCUT2D eigenvalue weighted by atomic mass is 19.1. The molecule has 0 atom stereocenters. The first-order chi connectivity index (χ1) is 9.67. The highest BCUT2D eigenvalue weighted by Crippen LogP contribution is 2.23. The number of fused-ring (bicyclic) bond motifs is 1. The average Bonchev–Trinajstić information content (AvgIpc) is 2.90. The molecule has 102 valence electrons. The van der Waals surface area contributed by atoms with E-state index >= 15 is 0 Å². The number of halogens is 1. The Morgan fingerprint density at radius 3 is 2.95 bits per heavy atom. The normalized spacial score (nSPS) is 10.8. The summed E-state index contributed by atoms with van der Waals surface area (Å²) in [5.41, 5.74) is 4.24. The number of imidazole rings is 1. The van der Waals surface area contributed by atoms with Crippen molar-refractivity contribution in [2.24, 2.45) is 5.84 Å². The van der Waals surface area contributed by atoms with Crippen molar-refractivity contribution in [1.82, 2.24) is 14.4 Å². The number of hydrogen-bond donors (Lipinski definition) is 3. The van der Waals surface area contributed by atoms with Gasteiger partial charge in [-0.25, -0.2) is 20.2 Å². The fourth-order valence-electron chi connectivity index (χ4n) is 1.93. The third-order valence-corrected chi connectivity index (χ3v) is 2.90. The number of hydrogen-bond acceptors (Lipinski definition) is 5. The van der Waals surface area contributed by atoms with Gasteiger partial charge in [0.05, 0.1) is 11.9 Å². The number of aryl methyl sites for hydroxylation is 1. The van der Waals surface area contributed by atoms with Gasteiger partial charge in [0.15, 0.2) is 17.3 Å². The topological polar surface area (TPSA) is 80.3 Å². The molecule has 0 amide bonds. The highest BCUT2D eigenvalue weighted by Gasteiger charge is 2.10. The summed E-state index contributed by atoms with van der Waals surface area (Å²) in [6, 6.07) is 4.93. The van der Waals surface area contributed by atoms with Crippen LogP contribution in [-0.2, 0) is 0 Å². The van der Waals surface area contributed by atoms with Crippen LogP contribution in [0.25, 0.3) is 5.65 Å². The van der Waals surface area contributed by atoms with E-state index in [9.17, 15) is 4.39 Å². The lowest BCUT2D eigenvalue weighted by molar-refractivity contribution is 0.630. The van der Waals surface area contributed by atoms with Crippen LogP contribution in [0.5, 0.6) is 0 Å². The Morgan fingerprint density at radius 1 is 1.35 bits per heavy atom. The number of aromatic nitrogens is 3. The lowest BCUT2D eigenvalue weighted by Crippen LogP contribution is -2.11. The lowest BCUT2D eigenvalue weighted by atomic mass is 10.2. The number of nitrogen functional groups attached to an aromatic ring is 1. The maximum absolute atomic E-state index is 13.9. The standard InChI is InChI=1S/C13H13FN6/c1-8-2-3-10(9(14)6-8)17-12-13-16-4-5-20(13)7-11(18-12)19-15/h2-7,19H,15H2,1H3,(H,17,18). The van der Waals surface area contributed by atoms with E-state index in [0.717, 1.165) is 5.56 Å². The Hall–Kier alpha value is -2.67. The van der Waals surface area contributed by atoms with Crippen LogP contribution in [0.15, 0.2) is 36.8 Å². The predicted molar refractivity (Wildman–Crippen MR) is 75.2 cm³/mol. The van der Waals surface area contributed by atoms with Crippen molar-refractivity contribution in [1.29, 1.82) is 0 Å². The summed E-state index contributed by atoms with van der Waals surface area (Å²) < 4.78 is 15.6. The first kappa shape index (κ1) is 12.4. The minimum atomic E-state index is -0.345. The van der Waals surface area contributed by atoms with Gasteiger partial charge in [-0.2, -0.15) is 0 Å². The Balaban J connectivity index is 2.07. The van der Waals surface area contributed by atoms with Crippen molar-refractivity contribution in [2.45, 2.75) is 6.92 Å². The second-order valence-corrected chi connectivity index (χ2v) is 4.39. The Kier molecular flexibility index (Phi) is 2.96. The van der Waals surface area contributed by atoms with Crippen LogP contribution >= 0.6 is 0 Å². The van der Waals surface area contributed by atoms with E-state index in [4.69, 9.17) is 5.84 Å². The summed E-state index contributed by atoms with van der Waals surface area (Å²) in [6.45, 7) is 1.83. The number of nitrogens with one attached hydrogen (secondary N) is 2. The van der Waals surface area contributed by atoms with Crippen molar-refractivity contribution < 1.29 is 4.39 Å². The molecule has 0 radical (unpaired) electrons. The fraction of sp³-hybridized carbons (Fsp3) is 0.0769. The smallest absolute Gasteiger partial charge is 0.180 e. The SMILES string of the molecule is Cc1ccc(Nc2nc(NN)cn3ccnc23)c(F)c1. The van der Waals surface area contributed by atoms with Gasteiger partial charge in [0, 0.05) is 12.4 Å². The van der Waals surface area contributed by atoms with E-state index in [-0.39, 0.29) is 5.82 Å². The molecule has 0 unspecified atom stereocenters. The Bertz CT molecular complexity index is 767. The highest BCUT2D eigenvalue weighted by molar-refractivity contribution is 5.71. The Labute approximate surface area is 114 Å². The first-order valence-electron chi connectivity index (χ1n) is 6.01. The molecule has 3 rings (SSSR count). The number of benzene rings is 1. The van der Waals surface area contributed by atoms with E-state index in [0.29, 0.717) is 23.0 Å². The van der Waals surface area contributed by atoms with Gasteiger partial charge >= 0.3 is 0 Å². The van der Waals surface area contributed by atoms with Crippen LogP contribution in [0.1, 0.15) is 5.56 Å². The molecule has 0 saturated heterocycles. The van der Waals surface area contributed by atoms with Crippen LogP contribution in [0.3, 0.4) is 0 Å². The zero-order valence-electron chi connectivity index (χ0n) is 10.8. The summed E-state index contributed by atoms with van der Waals surface area (Å²) >= 11 is 0. The molecule has 1 aromatic carbocycles. The molecular weight excluding hydrogens is 259 g/mol. The maximum Gasteiger partial charge on any atom is 0.180 e. The molecule has 0 fully saturated rings. The van der Waals surface area contributed by atoms with Crippen molar-refractivity contribution in [3.8, 4) is 0 Å². The number of hydrazine groups is 1. The minimum absolute atomic E-state index is 0.335. The molecule has 2 aromatic heterocycles. The van der Waals surface area contributed by atoms with Crippen molar-refractivity contribution in [3.05, 3.63) is 48.2 Å². The monoisotopic (exact) mass is 272 g/mol. The van der Waals surface area contributed by atoms with E-state index in [1.807, 2.05) is 13.0 Å². The molecule has 0 spiro atoms. The molecule has 0 bridgehead atoms. The number of rotatable bonds is 3. The minimum Gasteiger partial charge on any atom is -0.335 e. The molecule has 2 heterocycles. The van der Waals surface area contributed by atoms with Crippen LogP contribution in [0.4, 0.5) is 21.7 Å². The number of nitrogens with zero attached hydrogens (tertiary/aromatic N) is 3. The molecule has 6 nitrogen and oxygen atoms in total. The van der Waals surface area contributed by atoms with Crippen LogP contribution in [0, 0.1) is 12.7 Å². The third kappa shape index (κ3) is 2.14. The lowest BCUT2D eigenvalue weighted by Gasteiger charge is -2.10. The summed E-state index contributed by atoms with van der Waals surface area (Å²) in [5.74, 6) is 5.90. The average molecular weight is 272 g/mol. The van der Waals surface area contributed by atoms with Gasteiger partial charge in [-0.3, -0.25) is 0 Å². The zero-order chi connectivity index (χ0) is 14.1. The largest absolute Gasteiger partial charge is 0.335 e. The molecule has 4 N–H and O–H groups in total. The molecule has 3 aromatic rings. The first-order valence-corrected chi connectivity index (χ1v) is 6.01. The van der Waals surface area contributed by atoms with Gasteiger partial charge in [0.1, 0.15) is 5.82 Å². The quantitative estimate of drug-likeness (QED) is 0.503. The van der Waals surface area contributed by atoms with Crippen molar-refractivity contribution >= 4 is 23.0 Å². The second-order valence-electron chi connectivity index (χ2n) is 4.39. The number of anilines is 3. The zero-order valence-corrected chi connectivity index (χ0v) is 10.8. The van der Waals surface area contributed by atoms with Gasteiger partial charge in [-0.05, 0) is 24.6 Å². The van der Waals surface area contributed by atoms with Gasteiger partial charge in [-0.1, -0.05) is 6.07 Å². The summed E-state index contributed by atoms with van der Waals surface area (Å²) in [7, 11) is 0. The second kappa shape index (κ2) is 4.78. The number of nitrogens with two attached hydrogens (primary N) is 1. The predicted octanol–water partition coefficient (Wildman–Crippen LogP) is 2.21. The maximum atomic E-state index is 13.9. The Morgan fingerprint density at radius 2 is 2.20 bits per heavy atom. The van der Waals surface area contributed by atoms with E-state index in [2.05, 4.69) is 20.7 Å². The molecule has 0 aliphatic rings. The van der Waals surface area contributed by atoms with Gasteiger partial charge in [-0.15, -0.1) is 0 Å². The van der Waals surface area contributed by atoms with E-state index < -0.39 is 0 Å². The summed E-state index contributed by atoms with van der Waals surface area (Å²) in [5, 5.41) is 2.94. The van der Waals surface area contributed by atoms with Crippen LogP contribution < -0.4 is 16.6 Å². The third-order valence-electron chi connectivity index (χ3n) is 2.90. The van der Waals surface area contributed by atoms with E-state index in [1.54, 1.807) is 29.1 Å². The molecule has 0 aliphatic carbocycles. The fourth-order valence-corrected chi connectivity index (χ4v) is 1.93. The summed E-state index contributed by atoms with van der Waals surface area (Å²) in [6.07, 6.45) is 5.08. The molecule has 7 heteroatoms. The van der Waals surface area contributed by atoms with E-state index in [1.165, 1.54) is 6.07 Å².